The van der Waals surface area contributed by atoms with Gasteiger partial charge < -0.3 is 10.1 Å². The molecular formula is C15H20F3N3O4S. The molecule has 11 heteroatoms. The Bertz CT molecular complexity index is 692. The molecule has 0 unspecified atom stereocenters. The highest BCUT2D eigenvalue weighted by atomic mass is 32.2. The summed E-state index contributed by atoms with van der Waals surface area (Å²) in [4.78, 5) is 12.1. The minimum atomic E-state index is -4.89. The summed E-state index contributed by atoms with van der Waals surface area (Å²) in [6.07, 6.45) is -5.64. The van der Waals surface area contributed by atoms with Gasteiger partial charge in [0.25, 0.3) is 0 Å². The Morgan fingerprint density at radius 2 is 1.85 bits per heavy atom. The number of halogens is 3. The summed E-state index contributed by atoms with van der Waals surface area (Å²) in [6, 6.07) is 7.69. The minimum absolute atomic E-state index is 0.308. The van der Waals surface area contributed by atoms with Crippen molar-refractivity contribution in [2.24, 2.45) is 0 Å². The maximum absolute atomic E-state index is 12.8. The average Bonchev–Trinajstić information content (AvgIpc) is 2.58. The third kappa shape index (κ3) is 6.46. The molecule has 0 spiro atoms. The van der Waals surface area contributed by atoms with E-state index in [-0.39, 0.29) is 10.9 Å². The van der Waals surface area contributed by atoms with Crippen LogP contribution in [-0.4, -0.2) is 50.7 Å². The quantitative estimate of drug-likeness (QED) is 0.767. The van der Waals surface area contributed by atoms with Crippen LogP contribution in [0.4, 0.5) is 18.0 Å². The maximum Gasteiger partial charge on any atom is 0.425 e. The smallest absolute Gasteiger partial charge is 0.425 e. The first-order valence-corrected chi connectivity index (χ1v) is 9.39. The second-order valence-electron chi connectivity index (χ2n) is 5.81. The van der Waals surface area contributed by atoms with Crippen LogP contribution in [0.2, 0.25) is 0 Å². The van der Waals surface area contributed by atoms with Crippen LogP contribution in [0.25, 0.3) is 0 Å². The lowest BCUT2D eigenvalue weighted by Gasteiger charge is -2.28. The van der Waals surface area contributed by atoms with E-state index in [4.69, 9.17) is 4.74 Å². The lowest BCUT2D eigenvalue weighted by atomic mass is 10.1. The van der Waals surface area contributed by atoms with Crippen molar-refractivity contribution in [3.63, 3.8) is 0 Å². The first-order valence-electron chi connectivity index (χ1n) is 7.95. The van der Waals surface area contributed by atoms with Crippen LogP contribution in [0, 0.1) is 0 Å². The number of ether oxygens (including phenoxy) is 1. The molecule has 1 aliphatic heterocycles. The Kier molecular flexibility index (Phi) is 6.84. The second kappa shape index (κ2) is 8.69. The van der Waals surface area contributed by atoms with Gasteiger partial charge in [0, 0.05) is 6.04 Å². The van der Waals surface area contributed by atoms with E-state index in [1.807, 2.05) is 0 Å². The molecule has 0 atom stereocenters. The van der Waals surface area contributed by atoms with Crippen LogP contribution in [-0.2, 0) is 21.6 Å². The summed E-state index contributed by atoms with van der Waals surface area (Å²) < 4.78 is 69.6. The molecule has 0 bridgehead atoms. The predicted octanol–water partition coefficient (Wildman–Crippen LogP) is 1.77. The van der Waals surface area contributed by atoms with Gasteiger partial charge in [-0.15, -0.1) is 0 Å². The van der Waals surface area contributed by atoms with Gasteiger partial charge in [-0.25, -0.2) is 4.79 Å². The van der Waals surface area contributed by atoms with Gasteiger partial charge in [0.2, 0.25) is 0 Å². The molecule has 0 radical (unpaired) electrons. The molecule has 1 heterocycles. The molecule has 0 aliphatic carbocycles. The highest BCUT2D eigenvalue weighted by molar-refractivity contribution is 7.87. The SMILES string of the molecule is O=C(OCc1ccccc1)N(CC(F)(F)F)S(=O)(=O)NC1CCNCC1. The van der Waals surface area contributed by atoms with Crippen LogP contribution in [0.15, 0.2) is 30.3 Å². The van der Waals surface area contributed by atoms with E-state index in [0.29, 0.717) is 31.5 Å². The van der Waals surface area contributed by atoms with E-state index in [2.05, 4.69) is 10.0 Å². The fourth-order valence-corrected chi connectivity index (χ4v) is 3.77. The topological polar surface area (TPSA) is 87.7 Å². The Morgan fingerprint density at radius 1 is 1.23 bits per heavy atom. The Hall–Kier alpha value is -1.85. The van der Waals surface area contributed by atoms with Gasteiger partial charge in [-0.05, 0) is 31.5 Å². The molecule has 0 aromatic heterocycles. The summed E-state index contributed by atoms with van der Waals surface area (Å²) in [5, 5.41) is 3.01. The highest BCUT2D eigenvalue weighted by Crippen LogP contribution is 2.20. The van der Waals surface area contributed by atoms with Crippen molar-refractivity contribution in [2.45, 2.75) is 31.7 Å². The fourth-order valence-electron chi connectivity index (χ4n) is 2.42. The molecule has 0 saturated carbocycles. The first kappa shape index (κ1) is 20.5. The number of nitrogens with zero attached hydrogens (tertiary/aromatic N) is 1. The Labute approximate surface area is 149 Å². The van der Waals surface area contributed by atoms with E-state index in [0.717, 1.165) is 0 Å². The molecule has 146 valence electrons. The van der Waals surface area contributed by atoms with Crippen molar-refractivity contribution in [3.8, 4) is 0 Å². The van der Waals surface area contributed by atoms with Gasteiger partial charge in [-0.2, -0.15) is 30.6 Å². The van der Waals surface area contributed by atoms with Gasteiger partial charge in [-0.3, -0.25) is 0 Å². The van der Waals surface area contributed by atoms with Gasteiger partial charge in [0.05, 0.1) is 0 Å². The maximum atomic E-state index is 12.8. The molecular weight excluding hydrogens is 375 g/mol. The van der Waals surface area contributed by atoms with Crippen molar-refractivity contribution in [2.75, 3.05) is 19.6 Å². The minimum Gasteiger partial charge on any atom is -0.444 e. The van der Waals surface area contributed by atoms with Gasteiger partial charge in [0.15, 0.2) is 0 Å². The number of rotatable bonds is 6. The average molecular weight is 395 g/mol. The summed E-state index contributed by atoms with van der Waals surface area (Å²) in [5.41, 5.74) is 0.525. The summed E-state index contributed by atoms with van der Waals surface area (Å²) >= 11 is 0. The number of carbonyl (C=O) groups excluding carboxylic acids is 1. The largest absolute Gasteiger partial charge is 0.444 e. The Balaban J connectivity index is 2.09. The standard InChI is InChI=1S/C15H20F3N3O4S/c16-15(17,18)11-21(14(22)25-10-12-4-2-1-3-5-12)26(23,24)20-13-6-8-19-9-7-13/h1-5,13,19-20H,6-11H2. The number of amides is 1. The van der Waals surface area contributed by atoms with Crippen LogP contribution in [0.3, 0.4) is 0 Å². The van der Waals surface area contributed by atoms with E-state index in [1.54, 1.807) is 30.3 Å². The van der Waals surface area contributed by atoms with E-state index in [1.165, 1.54) is 0 Å². The fraction of sp³-hybridized carbons (Fsp3) is 0.533. The van der Waals surface area contributed by atoms with E-state index in [9.17, 15) is 26.4 Å². The van der Waals surface area contributed by atoms with Crippen LogP contribution >= 0.6 is 0 Å². The number of alkyl halides is 3. The number of piperidine rings is 1. The third-order valence-electron chi connectivity index (χ3n) is 3.68. The number of carbonyl (C=O) groups is 1. The normalized spacial score (nSPS) is 16.3. The van der Waals surface area contributed by atoms with E-state index >= 15 is 0 Å². The molecule has 1 saturated heterocycles. The highest BCUT2D eigenvalue weighted by Gasteiger charge is 2.41. The zero-order chi connectivity index (χ0) is 19.2. The zero-order valence-corrected chi connectivity index (χ0v) is 14.6. The summed E-state index contributed by atoms with van der Waals surface area (Å²) in [5.74, 6) is 0. The summed E-state index contributed by atoms with van der Waals surface area (Å²) in [6.45, 7) is -1.23. The molecule has 1 aromatic carbocycles. The molecule has 2 N–H and O–H groups in total. The molecule has 1 aromatic rings. The van der Waals surface area contributed by atoms with Crippen molar-refractivity contribution in [1.82, 2.24) is 14.3 Å². The number of nitrogens with one attached hydrogen (secondary N) is 2. The Morgan fingerprint density at radius 3 is 2.42 bits per heavy atom. The number of hydrogen-bond donors (Lipinski definition) is 2. The monoisotopic (exact) mass is 395 g/mol. The number of hydrogen-bond acceptors (Lipinski definition) is 5. The van der Waals surface area contributed by atoms with E-state index < -0.39 is 35.1 Å². The predicted molar refractivity (Wildman–Crippen MR) is 87.3 cm³/mol. The lowest BCUT2D eigenvalue weighted by molar-refractivity contribution is -0.134. The van der Waals surface area contributed by atoms with Crippen molar-refractivity contribution < 1.29 is 31.1 Å². The van der Waals surface area contributed by atoms with Crippen molar-refractivity contribution in [1.29, 1.82) is 0 Å². The van der Waals surface area contributed by atoms with Crippen LogP contribution < -0.4 is 10.0 Å². The zero-order valence-electron chi connectivity index (χ0n) is 13.8. The lowest BCUT2D eigenvalue weighted by Crippen LogP contribution is -2.52. The van der Waals surface area contributed by atoms with Gasteiger partial charge >= 0.3 is 22.5 Å². The van der Waals surface area contributed by atoms with Crippen molar-refractivity contribution >= 4 is 16.3 Å². The number of benzene rings is 1. The molecule has 1 fully saturated rings. The second-order valence-corrected chi connectivity index (χ2v) is 7.44. The van der Waals surface area contributed by atoms with Crippen molar-refractivity contribution in [3.05, 3.63) is 35.9 Å². The summed E-state index contributed by atoms with van der Waals surface area (Å²) in [7, 11) is -4.70. The molecule has 7 nitrogen and oxygen atoms in total. The van der Waals surface area contributed by atoms with Gasteiger partial charge in [-0.1, -0.05) is 30.3 Å². The molecule has 1 aliphatic rings. The molecule has 26 heavy (non-hydrogen) atoms. The first-order chi connectivity index (χ1) is 12.2. The van der Waals surface area contributed by atoms with Crippen LogP contribution in [0.5, 0.6) is 0 Å². The van der Waals surface area contributed by atoms with Crippen LogP contribution in [0.1, 0.15) is 18.4 Å². The molecule has 1 amide bonds. The molecule has 2 rings (SSSR count). The van der Waals surface area contributed by atoms with Gasteiger partial charge in [0.1, 0.15) is 13.2 Å². The third-order valence-corrected chi connectivity index (χ3v) is 5.17.